The summed E-state index contributed by atoms with van der Waals surface area (Å²) >= 11 is 4.32. The Balaban J connectivity index is 2.27. The quantitative estimate of drug-likeness (QED) is 0.587. The van der Waals surface area contributed by atoms with Crippen LogP contribution < -0.4 is 25.1 Å². The van der Waals surface area contributed by atoms with Gasteiger partial charge in [0.25, 0.3) is 5.56 Å². The number of benzene rings is 1. The molecule has 1 aromatic heterocycles. The fraction of sp³-hybridized carbons (Fsp3) is 0.421. The van der Waals surface area contributed by atoms with Gasteiger partial charge in [-0.2, -0.15) is 0 Å². The number of aromatic nitrogens is 2. The van der Waals surface area contributed by atoms with Crippen molar-refractivity contribution in [2.45, 2.75) is 37.4 Å². The molecule has 150 valence electrons. The summed E-state index contributed by atoms with van der Waals surface area (Å²) in [4.78, 5) is 29.9. The third-order valence-corrected chi connectivity index (χ3v) is 5.05. The molecule has 2 heterocycles. The molecular weight excluding hydrogens is 382 g/mol. The maximum Gasteiger partial charge on any atom is 0.260 e. The van der Waals surface area contributed by atoms with Crippen LogP contribution in [0.4, 0.5) is 5.82 Å². The molecule has 1 amide bonds. The molecule has 0 spiro atoms. The van der Waals surface area contributed by atoms with Gasteiger partial charge >= 0.3 is 0 Å². The lowest BCUT2D eigenvalue weighted by Crippen LogP contribution is -2.35. The summed E-state index contributed by atoms with van der Waals surface area (Å²) in [6.45, 7) is 3.76. The number of amides is 1. The number of hydrogen-bond donors (Lipinski definition) is 2. The average Bonchev–Trinajstić information content (AvgIpc) is 2.65. The number of thiol groups is 1. The fourth-order valence-electron chi connectivity index (χ4n) is 3.47. The van der Waals surface area contributed by atoms with Gasteiger partial charge in [-0.1, -0.05) is 0 Å². The highest BCUT2D eigenvalue weighted by atomic mass is 32.1. The first-order valence-corrected chi connectivity index (χ1v) is 9.22. The zero-order chi connectivity index (χ0) is 20.6. The lowest BCUT2D eigenvalue weighted by atomic mass is 9.86. The van der Waals surface area contributed by atoms with Crippen LogP contribution in [0.2, 0.25) is 0 Å². The van der Waals surface area contributed by atoms with Gasteiger partial charge < -0.3 is 19.5 Å². The maximum absolute atomic E-state index is 13.2. The lowest BCUT2D eigenvalue weighted by Gasteiger charge is -2.27. The highest BCUT2D eigenvalue weighted by molar-refractivity contribution is 7.80. The van der Waals surface area contributed by atoms with Crippen molar-refractivity contribution in [2.75, 3.05) is 26.6 Å². The molecular formula is C19H23N3O5S. The van der Waals surface area contributed by atoms with Gasteiger partial charge in [0.1, 0.15) is 5.82 Å². The molecule has 3 rings (SSSR count). The first-order chi connectivity index (χ1) is 13.3. The number of anilines is 1. The smallest absolute Gasteiger partial charge is 0.260 e. The number of carbonyl (C=O) groups is 1. The van der Waals surface area contributed by atoms with Crippen molar-refractivity contribution < 1.29 is 19.0 Å². The molecule has 0 saturated heterocycles. The topological polar surface area (TPSA) is 91.7 Å². The second kappa shape index (κ2) is 7.75. The first-order valence-electron chi connectivity index (χ1n) is 8.77. The molecule has 1 atom stereocenters. The molecule has 9 heteroatoms. The summed E-state index contributed by atoms with van der Waals surface area (Å²) in [5.74, 6) is 0.851. The Morgan fingerprint density at radius 1 is 1.14 bits per heavy atom. The molecule has 28 heavy (non-hydrogen) atoms. The zero-order valence-electron chi connectivity index (χ0n) is 16.4. The molecule has 1 aromatic carbocycles. The monoisotopic (exact) mass is 405 g/mol. The summed E-state index contributed by atoms with van der Waals surface area (Å²) in [6, 6.07) is 3.38. The minimum atomic E-state index is -0.503. The average molecular weight is 405 g/mol. The third kappa shape index (κ3) is 3.30. The Morgan fingerprint density at radius 3 is 2.25 bits per heavy atom. The van der Waals surface area contributed by atoms with Crippen molar-refractivity contribution in [2.24, 2.45) is 0 Å². The van der Waals surface area contributed by atoms with Crippen LogP contribution in [0.5, 0.6) is 17.2 Å². The van der Waals surface area contributed by atoms with Gasteiger partial charge in [-0.15, -0.1) is 12.6 Å². The molecule has 1 N–H and O–H groups in total. The van der Waals surface area contributed by atoms with Crippen molar-refractivity contribution in [1.29, 1.82) is 0 Å². The zero-order valence-corrected chi connectivity index (χ0v) is 17.3. The molecule has 8 nitrogen and oxygen atoms in total. The summed E-state index contributed by atoms with van der Waals surface area (Å²) in [6.07, 6.45) is 0.104. The first kappa shape index (κ1) is 20.1. The van der Waals surface area contributed by atoms with Crippen molar-refractivity contribution in [3.05, 3.63) is 33.6 Å². The predicted molar refractivity (Wildman–Crippen MR) is 107 cm³/mol. The number of methoxy groups -OCH3 is 3. The van der Waals surface area contributed by atoms with Crippen LogP contribution >= 0.6 is 12.6 Å². The van der Waals surface area contributed by atoms with Gasteiger partial charge in [0.05, 0.1) is 26.9 Å². The van der Waals surface area contributed by atoms with E-state index in [0.29, 0.717) is 28.4 Å². The number of nitrogens with one attached hydrogen (secondary N) is 1. The molecule has 0 saturated carbocycles. The van der Waals surface area contributed by atoms with E-state index in [9.17, 15) is 9.59 Å². The number of nitrogens with zero attached hydrogens (tertiary/aromatic N) is 2. The van der Waals surface area contributed by atoms with Crippen LogP contribution in [-0.2, 0) is 4.79 Å². The summed E-state index contributed by atoms with van der Waals surface area (Å²) < 4.78 is 17.7. The van der Waals surface area contributed by atoms with E-state index in [0.717, 1.165) is 0 Å². The highest BCUT2D eigenvalue weighted by Crippen LogP contribution is 2.43. The Bertz CT molecular complexity index is 961. The van der Waals surface area contributed by atoms with Gasteiger partial charge in [-0.3, -0.25) is 14.2 Å². The van der Waals surface area contributed by atoms with Crippen LogP contribution in [0.1, 0.15) is 43.4 Å². The largest absolute Gasteiger partial charge is 0.493 e. The molecule has 1 aliphatic heterocycles. The van der Waals surface area contributed by atoms with Crippen LogP contribution in [0.15, 0.2) is 22.1 Å². The third-order valence-electron chi connectivity index (χ3n) is 4.73. The minimum Gasteiger partial charge on any atom is -0.493 e. The SMILES string of the molecule is COc1cc(C2CC(=O)Nc3nc(S)n(C(C)C)c(=O)c32)cc(OC)c1OC. The van der Waals surface area contributed by atoms with Gasteiger partial charge in [-0.05, 0) is 31.5 Å². The Hall–Kier alpha value is -2.68. The summed E-state index contributed by atoms with van der Waals surface area (Å²) in [7, 11) is 4.55. The highest BCUT2D eigenvalue weighted by Gasteiger charge is 2.33. The normalized spacial score (nSPS) is 15.8. The fourth-order valence-corrected chi connectivity index (χ4v) is 3.89. The second-order valence-corrected chi connectivity index (χ2v) is 7.11. The van der Waals surface area contributed by atoms with Crippen molar-refractivity contribution >= 4 is 24.4 Å². The number of rotatable bonds is 5. The second-order valence-electron chi connectivity index (χ2n) is 6.71. The van der Waals surface area contributed by atoms with E-state index in [2.05, 4.69) is 22.9 Å². The molecule has 0 bridgehead atoms. The number of ether oxygens (including phenoxy) is 3. The van der Waals surface area contributed by atoms with Crippen molar-refractivity contribution in [3.8, 4) is 17.2 Å². The number of carbonyl (C=O) groups excluding carboxylic acids is 1. The predicted octanol–water partition coefficient (Wildman–Crippen LogP) is 2.61. The number of hydrogen-bond acceptors (Lipinski definition) is 7. The van der Waals surface area contributed by atoms with E-state index in [1.165, 1.54) is 25.9 Å². The van der Waals surface area contributed by atoms with E-state index < -0.39 is 5.92 Å². The van der Waals surface area contributed by atoms with Crippen LogP contribution in [0, 0.1) is 0 Å². The van der Waals surface area contributed by atoms with E-state index in [1.807, 2.05) is 13.8 Å². The summed E-state index contributed by atoms with van der Waals surface area (Å²) in [5, 5.41) is 2.94. The van der Waals surface area contributed by atoms with E-state index in [1.54, 1.807) is 12.1 Å². The molecule has 1 unspecified atom stereocenters. The van der Waals surface area contributed by atoms with Gasteiger partial charge in [-0.25, -0.2) is 4.98 Å². The summed E-state index contributed by atoms with van der Waals surface area (Å²) in [5.41, 5.74) is 0.885. The van der Waals surface area contributed by atoms with Crippen molar-refractivity contribution in [3.63, 3.8) is 0 Å². The van der Waals surface area contributed by atoms with Crippen molar-refractivity contribution in [1.82, 2.24) is 9.55 Å². The molecule has 0 fully saturated rings. The minimum absolute atomic E-state index is 0.104. The lowest BCUT2D eigenvalue weighted by molar-refractivity contribution is -0.116. The van der Waals surface area contributed by atoms with Gasteiger partial charge in [0, 0.05) is 18.4 Å². The Kier molecular flexibility index (Phi) is 5.55. The van der Waals surface area contributed by atoms with Crippen LogP contribution in [0.3, 0.4) is 0 Å². The molecule has 2 aromatic rings. The van der Waals surface area contributed by atoms with Gasteiger partial charge in [0.15, 0.2) is 16.7 Å². The molecule has 1 aliphatic rings. The Labute approximate surface area is 168 Å². The van der Waals surface area contributed by atoms with Crippen LogP contribution in [0.25, 0.3) is 0 Å². The Morgan fingerprint density at radius 2 is 1.75 bits per heavy atom. The van der Waals surface area contributed by atoms with E-state index in [-0.39, 0.29) is 34.9 Å². The van der Waals surface area contributed by atoms with E-state index in [4.69, 9.17) is 14.2 Å². The standard InChI is InChI=1S/C19H23N3O5S/c1-9(2)22-18(24)15-11(8-14(23)20-17(15)21-19(22)28)10-6-12(25-3)16(27-5)13(7-10)26-4/h6-7,9,11H,8H2,1-5H3,(H,20,23)(H,21,28). The molecule has 0 aliphatic carbocycles. The maximum atomic E-state index is 13.2. The number of fused-ring (bicyclic) bond motifs is 1. The van der Waals surface area contributed by atoms with Gasteiger partial charge in [0.2, 0.25) is 11.7 Å². The van der Waals surface area contributed by atoms with E-state index >= 15 is 0 Å². The molecule has 0 radical (unpaired) electrons. The van der Waals surface area contributed by atoms with Crippen LogP contribution in [-0.4, -0.2) is 36.8 Å².